The van der Waals surface area contributed by atoms with Crippen LogP contribution in [0.5, 0.6) is 0 Å². The molecular formula is C14H11BrN2O2S. The summed E-state index contributed by atoms with van der Waals surface area (Å²) >= 11 is 4.67. The zero-order valence-electron chi connectivity index (χ0n) is 10.5. The summed E-state index contributed by atoms with van der Waals surface area (Å²) in [5.74, 6) is -0.0991. The van der Waals surface area contributed by atoms with Gasteiger partial charge in [0.25, 0.3) is 5.91 Å². The van der Waals surface area contributed by atoms with Crippen LogP contribution in [0.25, 0.3) is 0 Å². The number of aryl methyl sites for hydroxylation is 1. The number of hydrogen-bond acceptors (Lipinski definition) is 4. The number of nitrogens with zero attached hydrogens (tertiary/aromatic N) is 1. The molecule has 1 aliphatic rings. The number of fused-ring (bicyclic) bond motifs is 1. The van der Waals surface area contributed by atoms with Gasteiger partial charge in [0.15, 0.2) is 10.4 Å². The maximum absolute atomic E-state index is 12.1. The van der Waals surface area contributed by atoms with Gasteiger partial charge >= 0.3 is 0 Å². The number of carbonyl (C=O) groups excluding carboxylic acids is 1. The van der Waals surface area contributed by atoms with Gasteiger partial charge in [-0.3, -0.25) is 4.79 Å². The SMILES string of the molecule is N#Cc1c(NC(=O)c2ccc(Br)o2)sc2c1CCCC2. The fraction of sp³-hybridized carbons (Fsp3) is 0.286. The number of rotatable bonds is 2. The van der Waals surface area contributed by atoms with Crippen LogP contribution in [0.3, 0.4) is 0 Å². The van der Waals surface area contributed by atoms with E-state index in [9.17, 15) is 10.1 Å². The van der Waals surface area contributed by atoms with E-state index in [4.69, 9.17) is 4.42 Å². The van der Waals surface area contributed by atoms with Crippen LogP contribution in [0.4, 0.5) is 5.00 Å². The minimum atomic E-state index is -0.328. The maximum atomic E-state index is 12.1. The van der Waals surface area contributed by atoms with Gasteiger partial charge in [-0.05, 0) is 59.3 Å². The fourth-order valence-electron chi connectivity index (χ4n) is 2.37. The summed E-state index contributed by atoms with van der Waals surface area (Å²) in [5, 5.41) is 12.8. The van der Waals surface area contributed by atoms with Crippen LogP contribution < -0.4 is 5.32 Å². The molecule has 0 saturated carbocycles. The molecule has 0 fully saturated rings. The van der Waals surface area contributed by atoms with Gasteiger partial charge in [0.2, 0.25) is 0 Å². The van der Waals surface area contributed by atoms with Gasteiger partial charge in [0.05, 0.1) is 5.56 Å². The van der Waals surface area contributed by atoms with Crippen molar-refractivity contribution in [2.45, 2.75) is 25.7 Å². The van der Waals surface area contributed by atoms with Crippen molar-refractivity contribution in [2.24, 2.45) is 0 Å². The van der Waals surface area contributed by atoms with Gasteiger partial charge in [-0.25, -0.2) is 0 Å². The summed E-state index contributed by atoms with van der Waals surface area (Å²) < 4.78 is 5.73. The highest BCUT2D eigenvalue weighted by molar-refractivity contribution is 9.10. The average Bonchev–Trinajstić information content (AvgIpc) is 3.01. The zero-order chi connectivity index (χ0) is 14.1. The van der Waals surface area contributed by atoms with Crippen molar-refractivity contribution in [2.75, 3.05) is 5.32 Å². The Bertz CT molecular complexity index is 711. The Balaban J connectivity index is 1.89. The van der Waals surface area contributed by atoms with Crippen LogP contribution in [0.1, 0.15) is 39.4 Å². The Morgan fingerprint density at radius 3 is 2.90 bits per heavy atom. The number of furan rings is 1. The first-order valence-electron chi connectivity index (χ1n) is 6.30. The second kappa shape index (κ2) is 5.43. The van der Waals surface area contributed by atoms with Crippen molar-refractivity contribution < 1.29 is 9.21 Å². The highest BCUT2D eigenvalue weighted by atomic mass is 79.9. The molecule has 6 heteroatoms. The molecule has 20 heavy (non-hydrogen) atoms. The normalized spacial score (nSPS) is 13.6. The van der Waals surface area contributed by atoms with E-state index in [1.54, 1.807) is 12.1 Å². The molecule has 2 heterocycles. The topological polar surface area (TPSA) is 66.0 Å². The summed E-state index contributed by atoms with van der Waals surface area (Å²) in [6, 6.07) is 5.48. The summed E-state index contributed by atoms with van der Waals surface area (Å²) in [4.78, 5) is 13.3. The van der Waals surface area contributed by atoms with Crippen molar-refractivity contribution in [3.8, 4) is 6.07 Å². The Morgan fingerprint density at radius 1 is 1.40 bits per heavy atom. The summed E-state index contributed by atoms with van der Waals surface area (Å²) in [6.07, 6.45) is 4.18. The number of hydrogen-bond donors (Lipinski definition) is 1. The van der Waals surface area contributed by atoms with Crippen LogP contribution in [0, 0.1) is 11.3 Å². The van der Waals surface area contributed by atoms with Crippen LogP contribution in [0.2, 0.25) is 0 Å². The van der Waals surface area contributed by atoms with E-state index in [0.717, 1.165) is 31.2 Å². The molecule has 0 spiro atoms. The van der Waals surface area contributed by atoms with Gasteiger partial charge in [-0.2, -0.15) is 5.26 Å². The van der Waals surface area contributed by atoms with Crippen LogP contribution >= 0.6 is 27.3 Å². The molecule has 0 radical (unpaired) electrons. The molecule has 0 aromatic carbocycles. The van der Waals surface area contributed by atoms with Crippen molar-refractivity contribution >= 4 is 38.2 Å². The number of halogens is 1. The molecular weight excluding hydrogens is 340 g/mol. The predicted molar refractivity (Wildman–Crippen MR) is 80.0 cm³/mol. The molecule has 0 bridgehead atoms. The van der Waals surface area contributed by atoms with E-state index >= 15 is 0 Å². The number of nitriles is 1. The number of carbonyl (C=O) groups is 1. The zero-order valence-corrected chi connectivity index (χ0v) is 12.9. The lowest BCUT2D eigenvalue weighted by molar-refractivity contribution is 0.0996. The molecule has 0 aliphatic heterocycles. The van der Waals surface area contributed by atoms with E-state index in [0.29, 0.717) is 15.2 Å². The molecule has 1 N–H and O–H groups in total. The van der Waals surface area contributed by atoms with Gasteiger partial charge in [-0.15, -0.1) is 11.3 Å². The third-order valence-electron chi connectivity index (χ3n) is 3.31. The Labute approximate surface area is 128 Å². The van der Waals surface area contributed by atoms with Crippen LogP contribution in [-0.4, -0.2) is 5.91 Å². The number of thiophene rings is 1. The lowest BCUT2D eigenvalue weighted by Crippen LogP contribution is -2.10. The third kappa shape index (κ3) is 2.39. The van der Waals surface area contributed by atoms with E-state index < -0.39 is 0 Å². The number of nitrogens with one attached hydrogen (secondary N) is 1. The molecule has 2 aromatic heterocycles. The van der Waals surface area contributed by atoms with Crippen molar-refractivity contribution in [3.05, 3.63) is 38.6 Å². The number of anilines is 1. The summed E-state index contributed by atoms with van der Waals surface area (Å²) in [7, 11) is 0. The van der Waals surface area contributed by atoms with E-state index in [1.807, 2.05) is 0 Å². The molecule has 2 aromatic rings. The first-order chi connectivity index (χ1) is 9.69. The molecule has 0 atom stereocenters. The Morgan fingerprint density at radius 2 is 2.20 bits per heavy atom. The molecule has 0 saturated heterocycles. The minimum Gasteiger partial charge on any atom is -0.444 e. The van der Waals surface area contributed by atoms with Crippen LogP contribution in [-0.2, 0) is 12.8 Å². The monoisotopic (exact) mass is 350 g/mol. The average molecular weight is 351 g/mol. The molecule has 0 unspecified atom stereocenters. The first kappa shape index (κ1) is 13.4. The lowest BCUT2D eigenvalue weighted by Gasteiger charge is -2.09. The second-order valence-electron chi connectivity index (χ2n) is 4.58. The highest BCUT2D eigenvalue weighted by Crippen LogP contribution is 2.37. The largest absolute Gasteiger partial charge is 0.444 e. The number of amides is 1. The van der Waals surface area contributed by atoms with Crippen molar-refractivity contribution in [3.63, 3.8) is 0 Å². The van der Waals surface area contributed by atoms with E-state index in [1.165, 1.54) is 16.2 Å². The predicted octanol–water partition coefficient (Wildman–Crippen LogP) is 4.11. The quantitative estimate of drug-likeness (QED) is 0.886. The fourth-order valence-corrected chi connectivity index (χ4v) is 3.91. The van der Waals surface area contributed by atoms with Gasteiger partial charge in [0, 0.05) is 4.88 Å². The minimum absolute atomic E-state index is 0.229. The standard InChI is InChI=1S/C14H11BrN2O2S/c15-12-6-5-10(19-12)13(18)17-14-9(7-16)8-3-1-2-4-11(8)20-14/h5-6H,1-4H2,(H,17,18). The van der Waals surface area contributed by atoms with Crippen LogP contribution in [0.15, 0.2) is 21.2 Å². The molecule has 1 aliphatic carbocycles. The van der Waals surface area contributed by atoms with Gasteiger partial charge in [-0.1, -0.05) is 0 Å². The molecule has 1 amide bonds. The van der Waals surface area contributed by atoms with Gasteiger partial charge < -0.3 is 9.73 Å². The highest BCUT2D eigenvalue weighted by Gasteiger charge is 2.22. The Hall–Kier alpha value is -1.58. The summed E-state index contributed by atoms with van der Waals surface area (Å²) in [6.45, 7) is 0. The van der Waals surface area contributed by atoms with Crippen molar-refractivity contribution in [1.82, 2.24) is 0 Å². The maximum Gasteiger partial charge on any atom is 0.292 e. The molecule has 3 rings (SSSR count). The lowest BCUT2D eigenvalue weighted by atomic mass is 9.96. The first-order valence-corrected chi connectivity index (χ1v) is 7.91. The third-order valence-corrected chi connectivity index (χ3v) is 4.94. The smallest absolute Gasteiger partial charge is 0.292 e. The van der Waals surface area contributed by atoms with E-state index in [-0.39, 0.29) is 11.7 Å². The van der Waals surface area contributed by atoms with Gasteiger partial charge in [0.1, 0.15) is 11.1 Å². The van der Waals surface area contributed by atoms with Crippen molar-refractivity contribution in [1.29, 1.82) is 5.26 Å². The molecule has 4 nitrogen and oxygen atoms in total. The summed E-state index contributed by atoms with van der Waals surface area (Å²) in [5.41, 5.74) is 1.73. The Kier molecular flexibility index (Phi) is 3.64. The van der Waals surface area contributed by atoms with E-state index in [2.05, 4.69) is 27.3 Å². The second-order valence-corrected chi connectivity index (χ2v) is 6.47. The molecule has 102 valence electrons.